The number of fused-ring (bicyclic) bond motifs is 1. The number of carbonyl (C=O) groups excluding carboxylic acids is 3. The smallest absolute Gasteiger partial charge is 0.296 e. The van der Waals surface area contributed by atoms with E-state index < -0.39 is 23.8 Å². The highest BCUT2D eigenvalue weighted by molar-refractivity contribution is 6.43. The normalized spacial score (nSPS) is 14.6. The van der Waals surface area contributed by atoms with Gasteiger partial charge in [0.05, 0.1) is 41.6 Å². The monoisotopic (exact) mass is 784 g/mol. The Balaban J connectivity index is 1.40. The molecule has 1 aliphatic rings. The molecule has 0 aliphatic carbocycles. The molecule has 0 fully saturated rings. The summed E-state index contributed by atoms with van der Waals surface area (Å²) in [5.74, 6) is -0.324. The average molecular weight is 785 g/mol. The summed E-state index contributed by atoms with van der Waals surface area (Å²) in [5, 5.41) is 3.37. The lowest BCUT2D eigenvalue weighted by Crippen LogP contribution is -2.57. The molecular weight excluding hydrogens is 733 g/mol. The summed E-state index contributed by atoms with van der Waals surface area (Å²) in [6.45, 7) is 0. The number of ketones is 1. The van der Waals surface area contributed by atoms with Crippen molar-refractivity contribution < 1.29 is 38.1 Å². The van der Waals surface area contributed by atoms with Crippen molar-refractivity contribution in [1.29, 1.82) is 0 Å². The van der Waals surface area contributed by atoms with E-state index in [1.54, 1.807) is 14.2 Å². The minimum absolute atomic E-state index is 0.0308. The highest BCUT2D eigenvalue weighted by Crippen LogP contribution is 2.44. The van der Waals surface area contributed by atoms with Crippen molar-refractivity contribution in [2.75, 3.05) is 35.5 Å². The van der Waals surface area contributed by atoms with Gasteiger partial charge in [-0.1, -0.05) is 91.0 Å². The Hall–Kier alpha value is -6.29. The summed E-state index contributed by atoms with van der Waals surface area (Å²) >= 11 is 0. The highest BCUT2D eigenvalue weighted by Gasteiger charge is 2.45. The van der Waals surface area contributed by atoms with E-state index >= 15 is 4.79 Å². The van der Waals surface area contributed by atoms with Gasteiger partial charge >= 0.3 is 0 Å². The molecule has 0 radical (unpaired) electrons. The Morgan fingerprint density at radius 2 is 1.14 bits per heavy atom. The minimum atomic E-state index is -1.06. The second kappa shape index (κ2) is 19.7. The second-order valence-corrected chi connectivity index (χ2v) is 14.4. The quantitative estimate of drug-likeness (QED) is 0.0704. The first-order valence-corrected chi connectivity index (χ1v) is 19.6. The number of Topliss-reactive ketones (excluding diaryl/α,β-unsaturated/α-hetero) is 1. The zero-order chi connectivity index (χ0) is 41.0. The van der Waals surface area contributed by atoms with Gasteiger partial charge in [0.15, 0.2) is 23.0 Å². The molecule has 2 amide bonds. The van der Waals surface area contributed by atoms with Gasteiger partial charge in [-0.3, -0.25) is 14.4 Å². The van der Waals surface area contributed by atoms with E-state index in [9.17, 15) is 9.59 Å². The van der Waals surface area contributed by atoms with E-state index in [4.69, 9.17) is 23.7 Å². The van der Waals surface area contributed by atoms with Gasteiger partial charge in [0.1, 0.15) is 6.04 Å². The van der Waals surface area contributed by atoms with Crippen molar-refractivity contribution in [3.63, 3.8) is 0 Å². The molecule has 5 aromatic rings. The summed E-state index contributed by atoms with van der Waals surface area (Å²) in [6.07, 6.45) is 5.08. The van der Waals surface area contributed by atoms with Gasteiger partial charge in [-0.25, -0.2) is 0 Å². The van der Waals surface area contributed by atoms with Gasteiger partial charge < -0.3 is 33.9 Å². The highest BCUT2D eigenvalue weighted by atomic mass is 16.5. The van der Waals surface area contributed by atoms with Crippen molar-refractivity contribution in [2.24, 2.45) is 0 Å². The molecule has 0 spiro atoms. The molecular formula is C48H52N2O8. The first-order valence-electron chi connectivity index (χ1n) is 19.6. The summed E-state index contributed by atoms with van der Waals surface area (Å²) in [6, 6.07) is 34.6. The van der Waals surface area contributed by atoms with Gasteiger partial charge in [0.25, 0.3) is 11.7 Å². The molecule has 0 bridgehead atoms. The van der Waals surface area contributed by atoms with Gasteiger partial charge in [-0.2, -0.15) is 0 Å². The van der Waals surface area contributed by atoms with Crippen LogP contribution >= 0.6 is 0 Å². The SMILES string of the molecule is COc1cc2c(cc1OC)C(c1ccccc1)N(C(=O)C(=O)c1cc(OC)c(OC)c(OC)c1)C(C(=O)NC(CCCc1ccccc1)CCCc1ccccc1)C2. The molecule has 0 saturated heterocycles. The number of benzene rings is 5. The van der Waals surface area contributed by atoms with Crippen molar-refractivity contribution in [1.82, 2.24) is 10.2 Å². The van der Waals surface area contributed by atoms with Gasteiger partial charge in [0, 0.05) is 18.0 Å². The van der Waals surface area contributed by atoms with Crippen LogP contribution in [-0.4, -0.2) is 70.1 Å². The number of nitrogens with one attached hydrogen (secondary N) is 1. The Kier molecular flexibility index (Phi) is 14.1. The molecule has 58 heavy (non-hydrogen) atoms. The average Bonchev–Trinajstić information content (AvgIpc) is 3.27. The molecule has 1 aliphatic heterocycles. The van der Waals surface area contributed by atoms with Crippen LogP contribution in [0.2, 0.25) is 0 Å². The van der Waals surface area contributed by atoms with Crippen LogP contribution in [0.1, 0.15) is 69.9 Å². The van der Waals surface area contributed by atoms with E-state index in [0.717, 1.165) is 55.2 Å². The maximum absolute atomic E-state index is 15.0. The predicted molar refractivity (Wildman–Crippen MR) is 223 cm³/mol. The van der Waals surface area contributed by atoms with Crippen molar-refractivity contribution in [2.45, 2.75) is 63.1 Å². The van der Waals surface area contributed by atoms with E-state index in [-0.39, 0.29) is 41.2 Å². The zero-order valence-corrected chi connectivity index (χ0v) is 33.9. The molecule has 2 atom stereocenters. The minimum Gasteiger partial charge on any atom is -0.493 e. The van der Waals surface area contributed by atoms with Crippen LogP contribution in [0.3, 0.4) is 0 Å². The van der Waals surface area contributed by atoms with E-state index in [1.165, 1.54) is 49.5 Å². The fraction of sp³-hybridized carbons (Fsp3) is 0.312. The molecule has 5 aromatic carbocycles. The maximum atomic E-state index is 15.0. The van der Waals surface area contributed by atoms with Crippen LogP contribution in [0.4, 0.5) is 0 Å². The number of ether oxygens (including phenoxy) is 5. The Morgan fingerprint density at radius 3 is 1.64 bits per heavy atom. The van der Waals surface area contributed by atoms with Crippen LogP contribution in [0.25, 0.3) is 0 Å². The third-order valence-electron chi connectivity index (χ3n) is 10.8. The fourth-order valence-corrected chi connectivity index (χ4v) is 7.89. The third kappa shape index (κ3) is 9.45. The third-order valence-corrected chi connectivity index (χ3v) is 10.8. The van der Waals surface area contributed by atoms with Crippen LogP contribution in [0.15, 0.2) is 115 Å². The Bertz CT molecular complexity index is 2090. The van der Waals surface area contributed by atoms with Crippen LogP contribution in [0, 0.1) is 0 Å². The molecule has 10 heteroatoms. The number of hydrogen-bond acceptors (Lipinski definition) is 8. The molecule has 1 N–H and O–H groups in total. The van der Waals surface area contributed by atoms with Gasteiger partial charge in [0.2, 0.25) is 11.7 Å². The number of rotatable bonds is 18. The predicted octanol–water partition coefficient (Wildman–Crippen LogP) is 7.99. The van der Waals surface area contributed by atoms with Crippen LogP contribution < -0.4 is 29.0 Å². The number of hydrogen-bond donors (Lipinski definition) is 1. The largest absolute Gasteiger partial charge is 0.493 e. The first kappa shape index (κ1) is 41.3. The second-order valence-electron chi connectivity index (χ2n) is 14.4. The molecule has 2 unspecified atom stereocenters. The van der Waals surface area contributed by atoms with Crippen molar-refractivity contribution >= 4 is 17.6 Å². The number of methoxy groups -OCH3 is 5. The Labute approximate surface area is 341 Å². The first-order chi connectivity index (χ1) is 28.3. The van der Waals surface area contributed by atoms with Crippen LogP contribution in [-0.2, 0) is 28.9 Å². The number of amides is 2. The lowest BCUT2D eigenvalue weighted by atomic mass is 9.83. The van der Waals surface area contributed by atoms with Gasteiger partial charge in [-0.15, -0.1) is 0 Å². The topological polar surface area (TPSA) is 113 Å². The lowest BCUT2D eigenvalue weighted by Gasteiger charge is -2.43. The molecule has 302 valence electrons. The van der Waals surface area contributed by atoms with Crippen molar-refractivity contribution in [3.8, 4) is 28.7 Å². The maximum Gasteiger partial charge on any atom is 0.296 e. The molecule has 10 nitrogen and oxygen atoms in total. The molecule has 0 saturated carbocycles. The van der Waals surface area contributed by atoms with Crippen molar-refractivity contribution in [3.05, 3.63) is 149 Å². The van der Waals surface area contributed by atoms with E-state index in [2.05, 4.69) is 29.6 Å². The number of aryl methyl sites for hydroxylation is 2. The van der Waals surface area contributed by atoms with E-state index in [0.29, 0.717) is 11.5 Å². The Morgan fingerprint density at radius 1 is 0.638 bits per heavy atom. The summed E-state index contributed by atoms with van der Waals surface area (Å²) in [5.41, 5.74) is 4.75. The fourth-order valence-electron chi connectivity index (χ4n) is 7.89. The standard InChI is InChI=1S/C48H52N2O8/c1-54-40-28-35-27-39(47(52)49-37(25-15-21-32-17-9-6-10-18-32)26-16-22-33-19-11-7-12-20-33)50(44(34-23-13-8-14-24-34)38(35)31-41(40)55-2)48(53)45(51)36-29-42(56-3)46(58-5)43(30-36)57-4/h6-14,17-20,23-24,28-31,37,39,44H,15-16,21-22,25-27H2,1-5H3,(H,49,52). The molecule has 0 aromatic heterocycles. The summed E-state index contributed by atoms with van der Waals surface area (Å²) in [4.78, 5) is 45.9. The number of carbonyl (C=O) groups is 3. The lowest BCUT2D eigenvalue weighted by molar-refractivity contribution is -0.140. The van der Waals surface area contributed by atoms with Gasteiger partial charge in [-0.05, 0) is 90.6 Å². The summed E-state index contributed by atoms with van der Waals surface area (Å²) in [7, 11) is 7.46. The zero-order valence-electron chi connectivity index (χ0n) is 33.9. The number of nitrogens with zero attached hydrogens (tertiary/aromatic N) is 1. The van der Waals surface area contributed by atoms with E-state index in [1.807, 2.05) is 78.9 Å². The summed E-state index contributed by atoms with van der Waals surface area (Å²) < 4.78 is 28.0. The van der Waals surface area contributed by atoms with Crippen LogP contribution in [0.5, 0.6) is 28.7 Å². The molecule has 1 heterocycles. The molecule has 6 rings (SSSR count).